The molecule has 3 heterocycles. The van der Waals surface area contributed by atoms with E-state index in [1.165, 1.54) is 36.5 Å². The second-order valence-electron chi connectivity index (χ2n) is 8.01. The molecule has 1 amide bonds. The number of halogens is 2. The Balaban J connectivity index is 1.48. The standard InChI is InChI=1S/C25H18ClFN6O4/c1-12-20(22(34)31-19-10-13(23(35)36)8-9-28-19)21(15-4-2-3-5-16(15)26)32-24(29-12)33-25-30-17-11-14(27)6-7-18(17)37-25/h2-11,21H,1H3,(H,35,36)(H,28,31,34)(H2,29,30,32,33). The summed E-state index contributed by atoms with van der Waals surface area (Å²) >= 11 is 6.46. The summed E-state index contributed by atoms with van der Waals surface area (Å²) in [5.41, 5.74) is 1.91. The summed E-state index contributed by atoms with van der Waals surface area (Å²) in [6.45, 7) is 1.68. The third-order valence-corrected chi connectivity index (χ3v) is 5.85. The van der Waals surface area contributed by atoms with Crippen LogP contribution in [0.2, 0.25) is 5.02 Å². The van der Waals surface area contributed by atoms with Gasteiger partial charge >= 0.3 is 12.0 Å². The molecule has 10 nitrogen and oxygen atoms in total. The number of anilines is 2. The molecule has 1 unspecified atom stereocenters. The molecule has 5 rings (SSSR count). The zero-order valence-electron chi connectivity index (χ0n) is 19.1. The zero-order valence-corrected chi connectivity index (χ0v) is 19.9. The van der Waals surface area contributed by atoms with Crippen LogP contribution >= 0.6 is 11.6 Å². The SMILES string of the molecule is CC1=C(C(=O)Nc2cc(C(=O)O)ccn2)C(c2ccccc2Cl)N=C(Nc2nc3cc(F)ccc3o2)N1. The number of hydrogen-bond donors (Lipinski definition) is 4. The number of aromatic carboxylic acids is 1. The van der Waals surface area contributed by atoms with Gasteiger partial charge in [0, 0.05) is 28.5 Å². The van der Waals surface area contributed by atoms with Crippen LogP contribution in [0.15, 0.2) is 81.5 Å². The summed E-state index contributed by atoms with van der Waals surface area (Å²) in [6.07, 6.45) is 1.29. The van der Waals surface area contributed by atoms with E-state index in [0.717, 1.165) is 0 Å². The Hall–Kier alpha value is -4.77. The van der Waals surface area contributed by atoms with Crippen molar-refractivity contribution in [3.8, 4) is 0 Å². The number of allylic oxidation sites excluding steroid dienone is 1. The number of hydrogen-bond acceptors (Lipinski definition) is 8. The molecular weight excluding hydrogens is 503 g/mol. The maximum absolute atomic E-state index is 13.5. The molecule has 0 saturated carbocycles. The molecule has 4 N–H and O–H groups in total. The summed E-state index contributed by atoms with van der Waals surface area (Å²) in [5, 5.41) is 18.2. The van der Waals surface area contributed by atoms with Crippen molar-refractivity contribution in [1.29, 1.82) is 0 Å². The fraction of sp³-hybridized carbons (Fsp3) is 0.0800. The lowest BCUT2D eigenvalue weighted by Gasteiger charge is -2.26. The first-order valence-electron chi connectivity index (χ1n) is 10.9. The number of carboxylic acids is 1. The topological polar surface area (TPSA) is 142 Å². The van der Waals surface area contributed by atoms with Gasteiger partial charge in [-0.1, -0.05) is 29.8 Å². The van der Waals surface area contributed by atoms with E-state index in [2.05, 4.69) is 30.9 Å². The first kappa shape index (κ1) is 23.9. The largest absolute Gasteiger partial charge is 0.478 e. The molecule has 186 valence electrons. The third-order valence-electron chi connectivity index (χ3n) is 5.51. The van der Waals surface area contributed by atoms with Gasteiger partial charge in [-0.25, -0.2) is 19.2 Å². The number of carbonyl (C=O) groups is 2. The van der Waals surface area contributed by atoms with Crippen molar-refractivity contribution < 1.29 is 23.5 Å². The predicted molar refractivity (Wildman–Crippen MR) is 135 cm³/mol. The summed E-state index contributed by atoms with van der Waals surface area (Å²) in [4.78, 5) is 37.6. The number of rotatable bonds is 5. The number of nitrogens with zero attached hydrogens (tertiary/aromatic N) is 3. The molecule has 2 aromatic heterocycles. The number of aliphatic imine (C=N–C) groups is 1. The van der Waals surface area contributed by atoms with Gasteiger partial charge in [-0.3, -0.25) is 10.1 Å². The molecular formula is C25H18ClFN6O4. The van der Waals surface area contributed by atoms with Gasteiger partial charge in [0.15, 0.2) is 5.58 Å². The Kier molecular flexibility index (Phi) is 6.28. The lowest BCUT2D eigenvalue weighted by atomic mass is 9.95. The number of benzene rings is 2. The first-order chi connectivity index (χ1) is 17.8. The molecule has 37 heavy (non-hydrogen) atoms. The van der Waals surface area contributed by atoms with E-state index < -0.39 is 23.7 Å². The van der Waals surface area contributed by atoms with Crippen LogP contribution in [0.25, 0.3) is 11.1 Å². The highest BCUT2D eigenvalue weighted by Crippen LogP contribution is 2.35. The molecule has 1 aliphatic heterocycles. The second-order valence-corrected chi connectivity index (χ2v) is 8.42. The van der Waals surface area contributed by atoms with E-state index in [1.807, 2.05) is 0 Å². The molecule has 4 aromatic rings. The normalized spacial score (nSPS) is 15.2. The summed E-state index contributed by atoms with van der Waals surface area (Å²) in [5.74, 6) is -1.86. The fourth-order valence-electron chi connectivity index (χ4n) is 3.83. The van der Waals surface area contributed by atoms with Crippen LogP contribution in [0, 0.1) is 5.82 Å². The number of oxazole rings is 1. The monoisotopic (exact) mass is 520 g/mol. The number of fused-ring (bicyclic) bond motifs is 1. The second kappa shape index (κ2) is 9.70. The highest BCUT2D eigenvalue weighted by molar-refractivity contribution is 6.31. The lowest BCUT2D eigenvalue weighted by molar-refractivity contribution is -0.113. The average molecular weight is 521 g/mol. The number of carboxylic acid groups (broad SMARTS) is 1. The molecule has 0 fully saturated rings. The van der Waals surface area contributed by atoms with Crippen molar-refractivity contribution in [1.82, 2.24) is 15.3 Å². The van der Waals surface area contributed by atoms with E-state index in [0.29, 0.717) is 27.4 Å². The van der Waals surface area contributed by atoms with Crippen LogP contribution in [0.3, 0.4) is 0 Å². The summed E-state index contributed by atoms with van der Waals surface area (Å²) < 4.78 is 19.2. The van der Waals surface area contributed by atoms with Crippen LogP contribution < -0.4 is 16.0 Å². The molecule has 0 aliphatic carbocycles. The van der Waals surface area contributed by atoms with Gasteiger partial charge in [-0.05, 0) is 37.3 Å². The summed E-state index contributed by atoms with van der Waals surface area (Å²) in [6, 6.07) is 12.7. The third kappa shape index (κ3) is 4.98. The highest BCUT2D eigenvalue weighted by atomic mass is 35.5. The van der Waals surface area contributed by atoms with Gasteiger partial charge in [0.05, 0.1) is 11.1 Å². The Morgan fingerprint density at radius 1 is 1.16 bits per heavy atom. The number of nitrogens with one attached hydrogen (secondary N) is 3. The van der Waals surface area contributed by atoms with Crippen molar-refractivity contribution in [2.24, 2.45) is 4.99 Å². The van der Waals surface area contributed by atoms with Gasteiger partial charge < -0.3 is 20.2 Å². The number of carbonyl (C=O) groups excluding carboxylic acids is 1. The maximum Gasteiger partial charge on any atom is 0.335 e. The van der Waals surface area contributed by atoms with Crippen LogP contribution in [-0.4, -0.2) is 32.9 Å². The summed E-state index contributed by atoms with van der Waals surface area (Å²) in [7, 11) is 0. The predicted octanol–water partition coefficient (Wildman–Crippen LogP) is 4.74. The van der Waals surface area contributed by atoms with Gasteiger partial charge in [0.1, 0.15) is 23.2 Å². The van der Waals surface area contributed by atoms with E-state index in [9.17, 15) is 19.1 Å². The zero-order chi connectivity index (χ0) is 26.1. The van der Waals surface area contributed by atoms with Crippen LogP contribution in [0.4, 0.5) is 16.2 Å². The van der Waals surface area contributed by atoms with E-state index >= 15 is 0 Å². The minimum Gasteiger partial charge on any atom is -0.478 e. The van der Waals surface area contributed by atoms with E-state index in [4.69, 9.17) is 16.0 Å². The van der Waals surface area contributed by atoms with Gasteiger partial charge in [0.2, 0.25) is 5.96 Å². The van der Waals surface area contributed by atoms with Crippen LogP contribution in [0.5, 0.6) is 0 Å². The van der Waals surface area contributed by atoms with Crippen molar-refractivity contribution in [2.75, 3.05) is 10.6 Å². The fourth-order valence-corrected chi connectivity index (χ4v) is 4.07. The Labute approximate surface area is 213 Å². The van der Waals surface area contributed by atoms with Crippen LogP contribution in [-0.2, 0) is 4.79 Å². The molecule has 12 heteroatoms. The van der Waals surface area contributed by atoms with Gasteiger partial charge in [-0.15, -0.1) is 0 Å². The Morgan fingerprint density at radius 3 is 2.76 bits per heavy atom. The van der Waals surface area contributed by atoms with Crippen molar-refractivity contribution in [2.45, 2.75) is 13.0 Å². The molecule has 1 atom stereocenters. The van der Waals surface area contributed by atoms with Crippen molar-refractivity contribution in [3.05, 3.63) is 94.0 Å². The quantitative estimate of drug-likeness (QED) is 0.295. The number of guanidine groups is 1. The molecule has 0 bridgehead atoms. The molecule has 2 aromatic carbocycles. The van der Waals surface area contributed by atoms with E-state index in [-0.39, 0.29) is 28.9 Å². The molecule has 0 spiro atoms. The molecule has 1 aliphatic rings. The maximum atomic E-state index is 13.5. The lowest BCUT2D eigenvalue weighted by Crippen LogP contribution is -2.37. The average Bonchev–Trinajstić information content (AvgIpc) is 3.25. The van der Waals surface area contributed by atoms with Crippen molar-refractivity contribution >= 4 is 52.4 Å². The van der Waals surface area contributed by atoms with Crippen molar-refractivity contribution in [3.63, 3.8) is 0 Å². The Morgan fingerprint density at radius 2 is 1.97 bits per heavy atom. The number of pyridine rings is 1. The molecule has 0 radical (unpaired) electrons. The van der Waals surface area contributed by atoms with Gasteiger partial charge in [0.25, 0.3) is 5.91 Å². The van der Waals surface area contributed by atoms with Crippen LogP contribution in [0.1, 0.15) is 28.9 Å². The minimum atomic E-state index is -1.15. The van der Waals surface area contributed by atoms with Gasteiger partial charge in [-0.2, -0.15) is 4.98 Å². The highest BCUT2D eigenvalue weighted by Gasteiger charge is 2.31. The Bertz CT molecular complexity index is 1620. The molecule has 0 saturated heterocycles. The minimum absolute atomic E-state index is 0.0249. The smallest absolute Gasteiger partial charge is 0.335 e. The number of aromatic nitrogens is 2. The first-order valence-corrected chi connectivity index (χ1v) is 11.3. The number of amides is 1. The van der Waals surface area contributed by atoms with E-state index in [1.54, 1.807) is 31.2 Å².